The number of aryl methyl sites for hydroxylation is 6. The van der Waals surface area contributed by atoms with E-state index >= 15 is 0 Å². The average Bonchev–Trinajstić information content (AvgIpc) is 1.66. The van der Waals surface area contributed by atoms with Crippen LogP contribution in [0.5, 0.6) is 0 Å². The zero-order chi connectivity index (χ0) is 70.7. The Bertz CT molecular complexity index is 4630. The van der Waals surface area contributed by atoms with Gasteiger partial charge in [-0.1, -0.05) is 103 Å². The Balaban J connectivity index is 0.000000157. The molecule has 80 heavy (non-hydrogen) atoms. The van der Waals surface area contributed by atoms with Crippen molar-refractivity contribution in [3.8, 4) is 45.0 Å². The Morgan fingerprint density at radius 3 is 1.51 bits per heavy atom. The summed E-state index contributed by atoms with van der Waals surface area (Å²) >= 11 is 0. The molecule has 2 fully saturated rings. The van der Waals surface area contributed by atoms with Crippen LogP contribution in [0.2, 0.25) is 0 Å². The van der Waals surface area contributed by atoms with E-state index in [0.717, 1.165) is 51.9 Å². The second-order valence-corrected chi connectivity index (χ2v) is 19.3. The van der Waals surface area contributed by atoms with Gasteiger partial charge >= 0.3 is 0 Å². The zero-order valence-electron chi connectivity index (χ0n) is 63.2. The van der Waals surface area contributed by atoms with Crippen molar-refractivity contribution < 1.29 is 76.5 Å². The van der Waals surface area contributed by atoms with Gasteiger partial charge in [-0.2, -0.15) is 0 Å². The van der Waals surface area contributed by atoms with E-state index in [1.807, 2.05) is 56.3 Å². The molecule has 8 nitrogen and oxygen atoms in total. The van der Waals surface area contributed by atoms with E-state index in [9.17, 15) is 1.37 Å². The summed E-state index contributed by atoms with van der Waals surface area (Å²) < 4.78 is 162. The molecule has 14 rings (SSSR count). The van der Waals surface area contributed by atoms with Gasteiger partial charge in [0.25, 0.3) is 0 Å². The molecule has 0 N–H and O–H groups in total. The number of fused-ring (bicyclic) bond motifs is 8. The Morgan fingerprint density at radius 1 is 0.525 bits per heavy atom. The molecular weight excluding hydrogens is 1340 g/mol. The number of hydrogen-bond donors (Lipinski definition) is 0. The summed E-state index contributed by atoms with van der Waals surface area (Å²) in [5.74, 6) is -0.210. The van der Waals surface area contributed by atoms with Gasteiger partial charge in [-0.15, -0.1) is 107 Å². The van der Waals surface area contributed by atoms with Gasteiger partial charge in [0.2, 0.25) is 11.4 Å². The van der Waals surface area contributed by atoms with Crippen LogP contribution < -0.4 is 0 Å². The molecule has 3 atom stereocenters. The van der Waals surface area contributed by atoms with Crippen LogP contribution in [0.25, 0.3) is 89.2 Å². The fourth-order valence-corrected chi connectivity index (χ4v) is 9.95. The predicted molar refractivity (Wildman–Crippen MR) is 315 cm³/mol. The van der Waals surface area contributed by atoms with Gasteiger partial charge in [0.1, 0.15) is 0 Å². The van der Waals surface area contributed by atoms with Gasteiger partial charge in [-0.3, -0.25) is 0 Å². The molecule has 3 unspecified atom stereocenters. The molecule has 0 saturated heterocycles. The molecule has 2 bridgehead atoms. The van der Waals surface area contributed by atoms with Crippen molar-refractivity contribution in [2.75, 3.05) is 0 Å². The first-order valence-electron chi connectivity index (χ1n) is 35.2. The second-order valence-electron chi connectivity index (χ2n) is 19.3. The number of pyridine rings is 6. The fourth-order valence-electron chi connectivity index (χ4n) is 9.95. The van der Waals surface area contributed by atoms with Crippen LogP contribution in [0.15, 0.2) is 167 Å². The van der Waals surface area contributed by atoms with E-state index < -0.39 is 52.9 Å². The summed E-state index contributed by atoms with van der Waals surface area (Å²) in [4.78, 5) is 25.6. The molecule has 8 aromatic heterocycles. The monoisotopic (exact) mass is 1420 g/mol. The quantitative estimate of drug-likeness (QED) is 0.152. The smallest absolute Gasteiger partial charge is 0.216 e. The van der Waals surface area contributed by atoms with Crippen molar-refractivity contribution >= 4 is 44.1 Å². The molecule has 2 saturated carbocycles. The fraction of sp³-hybridized carbons (Fsp3) is 0.229. The van der Waals surface area contributed by atoms with Gasteiger partial charge in [-0.25, -0.2) is 9.97 Å². The van der Waals surface area contributed by atoms with Gasteiger partial charge in [0.05, 0.1) is 11.2 Å². The van der Waals surface area contributed by atoms with Gasteiger partial charge in [-0.05, 0) is 141 Å². The number of rotatable bonds is 6. The third kappa shape index (κ3) is 12.8. The van der Waals surface area contributed by atoms with Crippen molar-refractivity contribution in [2.45, 2.75) is 92.4 Å². The minimum Gasteiger partial charge on any atom is -0.486 e. The van der Waals surface area contributed by atoms with Crippen molar-refractivity contribution in [3.05, 3.63) is 227 Å². The summed E-state index contributed by atoms with van der Waals surface area (Å²) in [6.07, 6.45) is 10.5. The normalized spacial score (nSPS) is 20.8. The summed E-state index contributed by atoms with van der Waals surface area (Å²) in [7, 11) is 0. The van der Waals surface area contributed by atoms with Gasteiger partial charge in [0.15, 0.2) is 0 Å². The molecule has 10 heteroatoms. The molecule has 2 radical (unpaired) electrons. The maximum absolute atomic E-state index is 9.18. The predicted octanol–water partition coefficient (Wildman–Crippen LogP) is 17.7. The molecule has 2 aliphatic carbocycles. The molecule has 0 amide bonds. The number of nitrogens with zero attached hydrogens (tertiary/aromatic N) is 6. The largest absolute Gasteiger partial charge is 0.486 e. The molecule has 0 aliphatic heterocycles. The Morgan fingerprint density at radius 2 is 1.06 bits per heavy atom. The zero-order valence-corrected chi connectivity index (χ0v) is 48.0. The van der Waals surface area contributed by atoms with Crippen molar-refractivity contribution in [3.63, 3.8) is 0 Å². The van der Waals surface area contributed by atoms with E-state index in [2.05, 4.69) is 54.2 Å². The van der Waals surface area contributed by atoms with Crippen LogP contribution >= 0.6 is 0 Å². The van der Waals surface area contributed by atoms with Crippen LogP contribution in [0.3, 0.4) is 0 Å². The topological polar surface area (TPSA) is 104 Å². The molecule has 2 aliphatic rings. The molecule has 4 aromatic carbocycles. The molecular formula is C70H62Ir2N6O2-4. The Kier molecular flexibility index (Phi) is 11.7. The number of furan rings is 2. The molecule has 12 aromatic rings. The van der Waals surface area contributed by atoms with Crippen LogP contribution in [0, 0.1) is 77.2 Å². The first-order chi connectivity index (χ1) is 45.8. The third-order valence-corrected chi connectivity index (χ3v) is 13.8. The standard InChI is InChI=1S/C24H21N2O.C20H17N2O.2C13H12N.2Ir/c1-14-5-8-19-18-3-2-4-20(23(18)27-24(19)26-14)22-13-17(9-10-25-22)21-12-15-6-7-16(21)11-15;1-12(2)14-9-10-21-18(11-14)17-6-4-5-15-16-8-7-13(3)22-20(16)23-19(15)17;2*1-10-3-6-12(7-4-10)13-8-5-11(2)9-14-13;;/h2-3,5,8-10,13,15-16,21H,6-7,11-12H2,1H3;4-5,7-12H,1-3H3;2*3-6,8-9H,1-2H3;;/q4*-1;;/i1D3,21D;3D3,12D;2*1D3,2D3;;. The molecule has 0 spiro atoms. The maximum Gasteiger partial charge on any atom is 0.216 e. The average molecular weight is 1420 g/mol. The SMILES string of the molecule is [2H]C([2H])([2H])c1c[c-]c(-c2ccc(C([2H])([2H])[2H])cn2)cc1.[2H]C([2H])([2H])c1c[c-]c(-c2ccc(C([2H])([2H])[2H])cn2)cc1.[2H]C([2H])([2H])c1ccc2c(n1)oc1c(-c3cc(C([2H])(C)C)ccn3)[c-]ccc12.[2H]C([2H])([2H])c1ccc2c(n1)oc1c(-c3cc(C4([2H])CC5CCC4C5)ccn3)[c-]ccc12.[Ir].[Ir]. The van der Waals surface area contributed by atoms with E-state index in [0.29, 0.717) is 73.7 Å². The summed E-state index contributed by atoms with van der Waals surface area (Å²) in [6, 6.07) is 48.8. The number of aromatic nitrogens is 6. The maximum atomic E-state index is 9.18. The van der Waals surface area contributed by atoms with E-state index in [-0.39, 0.29) is 79.6 Å². The van der Waals surface area contributed by atoms with Crippen LogP contribution in [0.1, 0.15) is 124 Å². The summed E-state index contributed by atoms with van der Waals surface area (Å²) in [5, 5.41) is 3.17. The number of benzene rings is 4. The van der Waals surface area contributed by atoms with Crippen molar-refractivity contribution in [2.24, 2.45) is 11.8 Å². The third-order valence-electron chi connectivity index (χ3n) is 13.8. The van der Waals surface area contributed by atoms with Gasteiger partial charge < -0.3 is 28.8 Å². The first kappa shape index (κ1) is 36.8. The van der Waals surface area contributed by atoms with E-state index in [4.69, 9.17) is 34.9 Å². The minimum absolute atomic E-state index is 0. The summed E-state index contributed by atoms with van der Waals surface area (Å²) in [6.45, 7) is -9.63. The van der Waals surface area contributed by atoms with Crippen molar-refractivity contribution in [1.82, 2.24) is 29.9 Å². The number of hydrogen-bond acceptors (Lipinski definition) is 8. The van der Waals surface area contributed by atoms with Crippen LogP contribution in [-0.4, -0.2) is 29.9 Å². The second kappa shape index (κ2) is 25.4. The summed E-state index contributed by atoms with van der Waals surface area (Å²) in [5.41, 5.74) is 9.38. The Hall–Kier alpha value is -7.32. The molecule has 8 heterocycles. The first-order valence-corrected chi connectivity index (χ1v) is 25.2. The Labute approximate surface area is 524 Å². The van der Waals surface area contributed by atoms with Crippen molar-refractivity contribution in [1.29, 1.82) is 0 Å². The van der Waals surface area contributed by atoms with E-state index in [1.165, 1.54) is 67.3 Å². The van der Waals surface area contributed by atoms with Crippen LogP contribution in [0.4, 0.5) is 0 Å². The van der Waals surface area contributed by atoms with E-state index in [1.54, 1.807) is 54.9 Å². The van der Waals surface area contributed by atoms with Gasteiger partial charge in [0, 0.05) is 115 Å². The van der Waals surface area contributed by atoms with Crippen LogP contribution in [-0.2, 0) is 40.2 Å². The minimum atomic E-state index is -2.29. The molecule has 406 valence electrons.